The fourth-order valence-corrected chi connectivity index (χ4v) is 3.03. The molecule has 0 aromatic heterocycles. The molecule has 2 unspecified atom stereocenters. The maximum absolute atomic E-state index is 13.6. The largest absolute Gasteiger partial charge is 0.326 e. The van der Waals surface area contributed by atoms with E-state index in [0.29, 0.717) is 6.42 Å². The second kappa shape index (κ2) is 6.73. The first-order valence-electron chi connectivity index (χ1n) is 7.58. The first-order valence-corrected chi connectivity index (χ1v) is 8.37. The topological polar surface area (TPSA) is 58.2 Å². The van der Waals surface area contributed by atoms with Crippen molar-refractivity contribution in [3.63, 3.8) is 0 Å². The van der Waals surface area contributed by atoms with Gasteiger partial charge in [0.15, 0.2) is 0 Å². The summed E-state index contributed by atoms with van der Waals surface area (Å²) in [6, 6.07) is 11.5. The Hall–Kier alpha value is -2.21. The summed E-state index contributed by atoms with van der Waals surface area (Å²) in [7, 11) is 0. The van der Waals surface area contributed by atoms with Crippen molar-refractivity contribution in [1.29, 1.82) is 0 Å². The molecule has 0 aliphatic heterocycles. The summed E-state index contributed by atoms with van der Waals surface area (Å²) in [6.07, 6.45) is 0.474. The van der Waals surface area contributed by atoms with Gasteiger partial charge >= 0.3 is 0 Å². The number of hydrogen-bond donors (Lipinski definition) is 2. The van der Waals surface area contributed by atoms with Crippen LogP contribution in [0.5, 0.6) is 0 Å². The molecule has 0 spiro atoms. The molecule has 0 radical (unpaired) electrons. The zero-order valence-electron chi connectivity index (χ0n) is 13.0. The Morgan fingerprint density at radius 2 is 1.67 bits per heavy atom. The van der Waals surface area contributed by atoms with Gasteiger partial charge in [0.25, 0.3) is 0 Å². The average molecular weight is 391 g/mol. The SMILES string of the molecule is Cc1cc(Br)ccc1NC(=O)C1CC1C(=O)Nc1ccccc1F. The molecule has 24 heavy (non-hydrogen) atoms. The van der Waals surface area contributed by atoms with Gasteiger partial charge in [-0.3, -0.25) is 9.59 Å². The average Bonchev–Trinajstić information content (AvgIpc) is 3.33. The van der Waals surface area contributed by atoms with E-state index >= 15 is 0 Å². The van der Waals surface area contributed by atoms with Gasteiger partial charge in [0.2, 0.25) is 11.8 Å². The predicted octanol–water partition coefficient (Wildman–Crippen LogP) is 4.11. The van der Waals surface area contributed by atoms with Crippen molar-refractivity contribution < 1.29 is 14.0 Å². The number of rotatable bonds is 4. The Labute approximate surface area is 147 Å². The van der Waals surface area contributed by atoms with Gasteiger partial charge in [-0.05, 0) is 49.2 Å². The molecule has 4 nitrogen and oxygen atoms in total. The van der Waals surface area contributed by atoms with E-state index in [1.165, 1.54) is 12.1 Å². The lowest BCUT2D eigenvalue weighted by Gasteiger charge is -2.09. The van der Waals surface area contributed by atoms with E-state index in [2.05, 4.69) is 26.6 Å². The van der Waals surface area contributed by atoms with Crippen LogP contribution in [0.15, 0.2) is 46.9 Å². The molecule has 1 aliphatic carbocycles. The molecule has 0 saturated heterocycles. The highest BCUT2D eigenvalue weighted by Gasteiger charge is 2.48. The third kappa shape index (κ3) is 3.64. The molecule has 2 amide bonds. The van der Waals surface area contributed by atoms with Gasteiger partial charge in [0, 0.05) is 10.2 Å². The van der Waals surface area contributed by atoms with Gasteiger partial charge in [-0.25, -0.2) is 4.39 Å². The fraction of sp³-hybridized carbons (Fsp3) is 0.222. The number of amides is 2. The quantitative estimate of drug-likeness (QED) is 0.824. The number of carbonyl (C=O) groups excluding carboxylic acids is 2. The summed E-state index contributed by atoms with van der Waals surface area (Å²) in [6.45, 7) is 1.90. The second-order valence-corrected chi connectivity index (χ2v) is 6.78. The zero-order chi connectivity index (χ0) is 17.3. The maximum Gasteiger partial charge on any atom is 0.228 e. The number of hydrogen-bond acceptors (Lipinski definition) is 2. The van der Waals surface area contributed by atoms with Crippen LogP contribution in [0, 0.1) is 24.6 Å². The minimum atomic E-state index is -0.488. The number of aryl methyl sites for hydroxylation is 1. The normalized spacial score (nSPS) is 18.8. The zero-order valence-corrected chi connectivity index (χ0v) is 14.6. The minimum Gasteiger partial charge on any atom is -0.326 e. The monoisotopic (exact) mass is 390 g/mol. The van der Waals surface area contributed by atoms with Crippen molar-refractivity contribution in [3.8, 4) is 0 Å². The lowest BCUT2D eigenvalue weighted by Crippen LogP contribution is -2.21. The first kappa shape index (κ1) is 16.6. The number of halogens is 2. The van der Waals surface area contributed by atoms with E-state index < -0.39 is 11.7 Å². The number of benzene rings is 2. The highest BCUT2D eigenvalue weighted by molar-refractivity contribution is 9.10. The van der Waals surface area contributed by atoms with Crippen LogP contribution in [-0.4, -0.2) is 11.8 Å². The summed E-state index contributed by atoms with van der Waals surface area (Å²) in [5.74, 6) is -1.79. The third-order valence-electron chi connectivity index (χ3n) is 4.04. The molecule has 6 heteroatoms. The lowest BCUT2D eigenvalue weighted by molar-refractivity contribution is -0.122. The van der Waals surface area contributed by atoms with Crippen molar-refractivity contribution in [2.75, 3.05) is 10.6 Å². The Morgan fingerprint density at radius 1 is 1.04 bits per heavy atom. The summed E-state index contributed by atoms with van der Waals surface area (Å²) in [4.78, 5) is 24.4. The number of carbonyl (C=O) groups is 2. The van der Waals surface area contributed by atoms with Crippen LogP contribution in [0.25, 0.3) is 0 Å². The van der Waals surface area contributed by atoms with Gasteiger partial charge in [-0.15, -0.1) is 0 Å². The summed E-state index contributed by atoms with van der Waals surface area (Å²) in [5, 5.41) is 5.39. The maximum atomic E-state index is 13.6. The summed E-state index contributed by atoms with van der Waals surface area (Å²) < 4.78 is 14.5. The van der Waals surface area contributed by atoms with Crippen LogP contribution in [0.2, 0.25) is 0 Å². The van der Waals surface area contributed by atoms with Crippen molar-refractivity contribution >= 4 is 39.1 Å². The Bertz CT molecular complexity index is 809. The van der Waals surface area contributed by atoms with Crippen LogP contribution in [0.3, 0.4) is 0 Å². The molecule has 2 aromatic rings. The Kier molecular flexibility index (Phi) is 4.66. The molecule has 124 valence electrons. The summed E-state index contributed by atoms with van der Waals surface area (Å²) in [5.41, 5.74) is 1.80. The van der Waals surface area contributed by atoms with Gasteiger partial charge < -0.3 is 10.6 Å². The number of para-hydroxylation sites is 1. The Morgan fingerprint density at radius 3 is 2.29 bits per heavy atom. The van der Waals surface area contributed by atoms with E-state index in [9.17, 15) is 14.0 Å². The van der Waals surface area contributed by atoms with Gasteiger partial charge in [0.05, 0.1) is 17.5 Å². The molecule has 1 saturated carbocycles. The molecular weight excluding hydrogens is 375 g/mol. The van der Waals surface area contributed by atoms with Crippen LogP contribution in [0.4, 0.5) is 15.8 Å². The highest BCUT2D eigenvalue weighted by atomic mass is 79.9. The molecular formula is C18H16BrFN2O2. The molecule has 2 N–H and O–H groups in total. The smallest absolute Gasteiger partial charge is 0.228 e. The lowest BCUT2D eigenvalue weighted by atomic mass is 10.2. The molecule has 0 heterocycles. The molecule has 1 aliphatic rings. The van der Waals surface area contributed by atoms with Gasteiger partial charge in [-0.2, -0.15) is 0 Å². The van der Waals surface area contributed by atoms with Crippen molar-refractivity contribution in [1.82, 2.24) is 0 Å². The highest BCUT2D eigenvalue weighted by Crippen LogP contribution is 2.40. The first-order chi connectivity index (χ1) is 11.5. The van der Waals surface area contributed by atoms with Gasteiger partial charge in [-0.1, -0.05) is 28.1 Å². The van der Waals surface area contributed by atoms with E-state index in [1.807, 2.05) is 25.1 Å². The van der Waals surface area contributed by atoms with Gasteiger partial charge in [0.1, 0.15) is 5.82 Å². The van der Waals surface area contributed by atoms with E-state index in [1.54, 1.807) is 12.1 Å². The Balaban J connectivity index is 1.59. The second-order valence-electron chi connectivity index (χ2n) is 5.87. The summed E-state index contributed by atoms with van der Waals surface area (Å²) >= 11 is 3.37. The van der Waals surface area contributed by atoms with Crippen molar-refractivity contribution in [2.45, 2.75) is 13.3 Å². The van der Waals surface area contributed by atoms with E-state index in [4.69, 9.17) is 0 Å². The standard InChI is InChI=1S/C18H16BrFN2O2/c1-10-8-11(19)6-7-15(10)21-17(23)12-9-13(12)18(24)22-16-5-3-2-4-14(16)20/h2-8,12-13H,9H2,1H3,(H,21,23)(H,22,24). The van der Waals surface area contributed by atoms with Crippen LogP contribution in [-0.2, 0) is 9.59 Å². The molecule has 1 fully saturated rings. The predicted molar refractivity (Wildman–Crippen MR) is 94.1 cm³/mol. The molecule has 3 rings (SSSR count). The minimum absolute atomic E-state index is 0.136. The van der Waals surface area contributed by atoms with E-state index in [0.717, 1.165) is 15.7 Å². The molecule has 0 bridgehead atoms. The van der Waals surface area contributed by atoms with Crippen LogP contribution in [0.1, 0.15) is 12.0 Å². The third-order valence-corrected chi connectivity index (χ3v) is 4.54. The van der Waals surface area contributed by atoms with E-state index in [-0.39, 0.29) is 23.4 Å². The van der Waals surface area contributed by atoms with Crippen LogP contribution >= 0.6 is 15.9 Å². The fourth-order valence-electron chi connectivity index (χ4n) is 2.56. The van der Waals surface area contributed by atoms with Crippen molar-refractivity contribution in [3.05, 3.63) is 58.3 Å². The van der Waals surface area contributed by atoms with Crippen molar-refractivity contribution in [2.24, 2.45) is 11.8 Å². The molecule has 2 aromatic carbocycles. The number of anilines is 2. The molecule has 2 atom stereocenters. The number of nitrogens with one attached hydrogen (secondary N) is 2. The van der Waals surface area contributed by atoms with Crippen LogP contribution < -0.4 is 10.6 Å².